The molecule has 3 heterocycles. The predicted octanol–water partition coefficient (Wildman–Crippen LogP) is 4.96. The van der Waals surface area contributed by atoms with Crippen molar-refractivity contribution in [1.29, 1.82) is 0 Å². The summed E-state index contributed by atoms with van der Waals surface area (Å²) in [6.45, 7) is 2.07. The zero-order chi connectivity index (χ0) is 23.9. The van der Waals surface area contributed by atoms with Crippen LogP contribution in [-0.2, 0) is 4.79 Å². The molecule has 3 atom stereocenters. The SMILES string of the molecule is COc1ccc2nccc([C@H](F)CC[C@@H]3CCN(CC#Cc4cscn4)C[C@@H]3CC(=O)O)c2c1. The van der Waals surface area contributed by atoms with Gasteiger partial charge in [0.05, 0.1) is 24.7 Å². The third-order valence-corrected chi connectivity index (χ3v) is 7.06. The van der Waals surface area contributed by atoms with Crippen molar-refractivity contribution in [3.05, 3.63) is 52.6 Å². The minimum absolute atomic E-state index is 0.0196. The molecule has 0 spiro atoms. The maximum Gasteiger partial charge on any atom is 0.303 e. The second kappa shape index (κ2) is 11.4. The Morgan fingerprint density at radius 3 is 3.00 bits per heavy atom. The number of carboxylic acids is 1. The first-order valence-electron chi connectivity index (χ1n) is 11.4. The van der Waals surface area contributed by atoms with Crippen LogP contribution >= 0.6 is 11.3 Å². The molecule has 1 aliphatic heterocycles. The molecule has 4 rings (SSSR count). The largest absolute Gasteiger partial charge is 0.497 e. The van der Waals surface area contributed by atoms with Crippen LogP contribution in [0.25, 0.3) is 10.9 Å². The molecule has 178 valence electrons. The monoisotopic (exact) mass is 481 g/mol. The number of pyridine rings is 1. The topological polar surface area (TPSA) is 75.5 Å². The second-order valence-electron chi connectivity index (χ2n) is 8.65. The minimum Gasteiger partial charge on any atom is -0.497 e. The van der Waals surface area contributed by atoms with E-state index in [0.29, 0.717) is 37.2 Å². The number of aliphatic carboxylic acids is 1. The van der Waals surface area contributed by atoms with Crippen LogP contribution in [0.5, 0.6) is 5.75 Å². The van der Waals surface area contributed by atoms with Gasteiger partial charge in [-0.05, 0) is 73.4 Å². The van der Waals surface area contributed by atoms with Crippen molar-refractivity contribution in [3.8, 4) is 17.6 Å². The lowest BCUT2D eigenvalue weighted by molar-refractivity contribution is -0.139. The number of fused-ring (bicyclic) bond motifs is 1. The Balaban J connectivity index is 1.39. The first-order chi connectivity index (χ1) is 16.5. The van der Waals surface area contributed by atoms with Crippen LogP contribution in [0.3, 0.4) is 0 Å². The zero-order valence-corrected chi connectivity index (χ0v) is 19.9. The molecule has 0 bridgehead atoms. The van der Waals surface area contributed by atoms with Crippen molar-refractivity contribution in [2.45, 2.75) is 31.9 Å². The van der Waals surface area contributed by atoms with Crippen molar-refractivity contribution in [2.75, 3.05) is 26.7 Å². The highest BCUT2D eigenvalue weighted by Gasteiger charge is 2.31. The van der Waals surface area contributed by atoms with Crippen LogP contribution in [0.1, 0.15) is 43.1 Å². The summed E-state index contributed by atoms with van der Waals surface area (Å²) in [5.74, 6) is 6.19. The number of carboxylic acid groups (broad SMARTS) is 1. The van der Waals surface area contributed by atoms with Crippen LogP contribution in [0.2, 0.25) is 0 Å². The number of piperidine rings is 1. The lowest BCUT2D eigenvalue weighted by Crippen LogP contribution is -2.41. The Kier molecular flexibility index (Phi) is 8.09. The number of hydrogen-bond donors (Lipinski definition) is 1. The Hall–Kier alpha value is -3.02. The molecule has 0 unspecified atom stereocenters. The van der Waals surface area contributed by atoms with Gasteiger partial charge in [-0.2, -0.15) is 0 Å². The summed E-state index contributed by atoms with van der Waals surface area (Å²) in [4.78, 5) is 22.2. The fraction of sp³-hybridized carbons (Fsp3) is 0.423. The van der Waals surface area contributed by atoms with E-state index in [9.17, 15) is 9.90 Å². The van der Waals surface area contributed by atoms with Gasteiger partial charge in [0.25, 0.3) is 0 Å². The Bertz CT molecular complexity index is 1170. The van der Waals surface area contributed by atoms with Crippen LogP contribution in [0, 0.1) is 23.7 Å². The number of hydrogen-bond acceptors (Lipinski definition) is 6. The summed E-state index contributed by atoms with van der Waals surface area (Å²) in [6, 6.07) is 7.20. The van der Waals surface area contributed by atoms with Crippen LogP contribution in [-0.4, -0.2) is 52.7 Å². The molecule has 1 aliphatic rings. The number of likely N-dealkylation sites (tertiary alicyclic amines) is 1. The number of benzene rings is 1. The maximum absolute atomic E-state index is 15.4. The summed E-state index contributed by atoms with van der Waals surface area (Å²) in [7, 11) is 1.59. The molecular weight excluding hydrogens is 453 g/mol. The second-order valence-corrected chi connectivity index (χ2v) is 9.36. The van der Waals surface area contributed by atoms with Crippen LogP contribution in [0.15, 0.2) is 41.4 Å². The highest BCUT2D eigenvalue weighted by atomic mass is 32.1. The van der Waals surface area contributed by atoms with Crippen LogP contribution < -0.4 is 4.74 Å². The molecule has 2 aromatic heterocycles. The van der Waals surface area contributed by atoms with Crippen molar-refractivity contribution < 1.29 is 19.0 Å². The van der Waals surface area contributed by atoms with E-state index in [-0.39, 0.29) is 18.3 Å². The van der Waals surface area contributed by atoms with Crippen molar-refractivity contribution >= 4 is 28.2 Å². The number of alkyl halides is 1. The molecule has 3 aromatic rings. The van der Waals surface area contributed by atoms with Gasteiger partial charge in [0.1, 0.15) is 17.6 Å². The van der Waals surface area contributed by atoms with Gasteiger partial charge in [-0.15, -0.1) is 11.3 Å². The quantitative estimate of drug-likeness (QED) is 0.459. The number of nitrogens with zero attached hydrogens (tertiary/aromatic N) is 3. The van der Waals surface area contributed by atoms with Crippen molar-refractivity contribution in [3.63, 3.8) is 0 Å². The van der Waals surface area contributed by atoms with Gasteiger partial charge < -0.3 is 9.84 Å². The Morgan fingerprint density at radius 2 is 2.24 bits per heavy atom. The Morgan fingerprint density at radius 1 is 1.35 bits per heavy atom. The molecule has 0 aliphatic carbocycles. The highest BCUT2D eigenvalue weighted by molar-refractivity contribution is 7.07. The molecular formula is C26H28FN3O3S. The first-order valence-corrected chi connectivity index (χ1v) is 12.4. The number of thiazole rings is 1. The average molecular weight is 482 g/mol. The molecule has 0 saturated carbocycles. The predicted molar refractivity (Wildman–Crippen MR) is 131 cm³/mol. The first kappa shape index (κ1) is 24.1. The van der Waals surface area contributed by atoms with E-state index < -0.39 is 12.1 Å². The van der Waals surface area contributed by atoms with Crippen molar-refractivity contribution in [2.24, 2.45) is 11.8 Å². The third-order valence-electron chi connectivity index (χ3n) is 6.47. The lowest BCUT2D eigenvalue weighted by Gasteiger charge is -2.37. The van der Waals surface area contributed by atoms with Gasteiger partial charge in [-0.25, -0.2) is 9.37 Å². The van der Waals surface area contributed by atoms with Gasteiger partial charge in [-0.1, -0.05) is 5.92 Å². The summed E-state index contributed by atoms with van der Waals surface area (Å²) in [6.07, 6.45) is 2.41. The van der Waals surface area contributed by atoms with Crippen LogP contribution in [0.4, 0.5) is 4.39 Å². The molecule has 34 heavy (non-hydrogen) atoms. The number of ether oxygens (including phenoxy) is 1. The summed E-state index contributed by atoms with van der Waals surface area (Å²) < 4.78 is 20.7. The number of halogens is 1. The smallest absolute Gasteiger partial charge is 0.303 e. The standard InChI is InChI=1S/C26H28FN3O3S/c1-33-21-5-7-25-23(14-21)22(8-10-28-25)24(27)6-4-18-9-12-30(15-19(18)13-26(31)32)11-2-3-20-16-34-17-29-20/h5,7-8,10,14,16-19,24H,4,6,9,11-13,15H2,1H3,(H,31,32)/t18-,19+,24-/m1/s1. The van der Waals surface area contributed by atoms with E-state index in [0.717, 1.165) is 29.6 Å². The van der Waals surface area contributed by atoms with Gasteiger partial charge >= 0.3 is 5.97 Å². The summed E-state index contributed by atoms with van der Waals surface area (Å²) >= 11 is 1.51. The molecule has 0 radical (unpaired) electrons. The number of carbonyl (C=O) groups is 1. The fourth-order valence-corrected chi connectivity index (χ4v) is 5.20. The normalized spacial score (nSPS) is 19.4. The molecule has 1 N–H and O–H groups in total. The van der Waals surface area contributed by atoms with Crippen molar-refractivity contribution in [1.82, 2.24) is 14.9 Å². The van der Waals surface area contributed by atoms with Gasteiger partial charge in [0.2, 0.25) is 0 Å². The number of rotatable bonds is 8. The minimum atomic E-state index is -1.15. The van der Waals surface area contributed by atoms with E-state index in [1.165, 1.54) is 11.3 Å². The molecule has 0 amide bonds. The average Bonchev–Trinajstić information content (AvgIpc) is 3.36. The van der Waals surface area contributed by atoms with E-state index in [1.54, 1.807) is 24.9 Å². The summed E-state index contributed by atoms with van der Waals surface area (Å²) in [5, 5.41) is 12.1. The highest BCUT2D eigenvalue weighted by Crippen LogP contribution is 2.36. The van der Waals surface area contributed by atoms with Gasteiger partial charge in [0, 0.05) is 29.9 Å². The van der Waals surface area contributed by atoms with Gasteiger partial charge in [0.15, 0.2) is 0 Å². The van der Waals surface area contributed by atoms with E-state index in [2.05, 4.69) is 26.7 Å². The summed E-state index contributed by atoms with van der Waals surface area (Å²) in [5.41, 5.74) is 3.85. The zero-order valence-electron chi connectivity index (χ0n) is 19.1. The van der Waals surface area contributed by atoms with E-state index in [4.69, 9.17) is 4.74 Å². The lowest BCUT2D eigenvalue weighted by atomic mass is 9.79. The fourth-order valence-electron chi connectivity index (χ4n) is 4.71. The molecule has 8 heteroatoms. The van der Waals surface area contributed by atoms with E-state index in [1.807, 2.05) is 23.6 Å². The maximum atomic E-state index is 15.4. The number of aromatic nitrogens is 2. The Labute approximate surface area is 202 Å². The molecule has 6 nitrogen and oxygen atoms in total. The molecule has 1 aromatic carbocycles. The van der Waals surface area contributed by atoms with E-state index >= 15 is 4.39 Å². The third kappa shape index (κ3) is 6.10. The molecule has 1 saturated heterocycles. The van der Waals surface area contributed by atoms with Gasteiger partial charge in [-0.3, -0.25) is 14.7 Å². The molecule has 1 fully saturated rings. The number of methoxy groups -OCH3 is 1.